The van der Waals surface area contributed by atoms with E-state index in [4.69, 9.17) is 4.74 Å². The van der Waals surface area contributed by atoms with Crippen LogP contribution in [0.5, 0.6) is 5.75 Å². The molecule has 0 bridgehead atoms. The Hall–Kier alpha value is -16.4. The van der Waals surface area contributed by atoms with Crippen molar-refractivity contribution in [2.75, 3.05) is 21.8 Å². The summed E-state index contributed by atoms with van der Waals surface area (Å²) in [5.74, 6) is 0.984. The number of ether oxygens (including phenoxy) is 1. The smallest absolute Gasteiger partial charge is 0.128 e. The van der Waals surface area contributed by atoms with Crippen LogP contribution < -0.4 is 19.4 Å². The average Bonchev–Trinajstić information content (AvgIpc) is 1.60. The molecule has 0 atom stereocenters. The van der Waals surface area contributed by atoms with Crippen LogP contribution in [0.25, 0.3) is 127 Å². The van der Waals surface area contributed by atoms with Crippen LogP contribution in [-0.4, -0.2) is 20.8 Å². The Kier molecular flexibility index (Phi) is 24.8. The van der Waals surface area contributed by atoms with E-state index < -0.39 is 11.6 Å². The molecule has 0 radical (unpaired) electrons. The van der Waals surface area contributed by atoms with Gasteiger partial charge in [0.2, 0.25) is 0 Å². The van der Waals surface area contributed by atoms with Gasteiger partial charge in [0, 0.05) is 101 Å². The molecule has 0 N–H and O–H groups in total. The summed E-state index contributed by atoms with van der Waals surface area (Å²) in [6, 6.07) is 163. The molecule has 7 nitrogen and oxygen atoms in total. The minimum atomic E-state index is -0.622. The second-order valence-electron chi connectivity index (χ2n) is 35.2. The molecule has 0 aliphatic carbocycles. The number of anilines is 9. The maximum atomic E-state index is 14.4. The number of fused-ring (bicyclic) bond motifs is 9. The van der Waals surface area contributed by atoms with Gasteiger partial charge in [-0.25, -0.2) is 8.78 Å². The van der Waals surface area contributed by atoms with Gasteiger partial charge in [-0.1, -0.05) is 295 Å². The Morgan fingerprint density at radius 1 is 0.216 bits per heavy atom. The lowest BCUT2D eigenvalue weighted by molar-refractivity contribution is 0.415. The molecule has 0 unspecified atom stereocenters. The molecule has 9 heteroatoms. The SMILES string of the molecule is CC(C)CCc1cccc(N(c2ccc(-c3ccc(-n4c5ccccc5c5ccccc54)cc3)cc2)c2cccc(CCC(C)C)c2)c1.COc1ccc(-c2ccc(N(c3ccc(-c4ccccc4)cc3)c3ccc(-n4c5ccccc5c5ccccc54)cc3)cc2)cc1.Fc1cc(F)cc(N(c2ccc(-c3ccccc3)cc2)c2ccc(-n3c4ccccc4c4ccccc43)cc2)c1. The lowest BCUT2D eigenvalue weighted by Gasteiger charge is -2.27. The molecule has 0 aliphatic heterocycles. The van der Waals surface area contributed by atoms with Crippen molar-refractivity contribution < 1.29 is 13.5 Å². The number of benzene rings is 19. The minimum Gasteiger partial charge on any atom is -0.497 e. The molecule has 0 fully saturated rings. The molecule has 22 aromatic rings. The normalized spacial score (nSPS) is 11.4. The highest BCUT2D eigenvalue weighted by atomic mass is 19.1. The Bertz CT molecular complexity index is 7590. The highest BCUT2D eigenvalue weighted by molar-refractivity contribution is 6.11. The quantitative estimate of drug-likeness (QED) is 0.0639. The second kappa shape index (κ2) is 38.7. The van der Waals surface area contributed by atoms with Crippen LogP contribution in [0.15, 0.2) is 467 Å². The lowest BCUT2D eigenvalue weighted by atomic mass is 10.0. The first kappa shape index (κ1) is 85.7. The first-order valence-corrected chi connectivity index (χ1v) is 46.3. The number of methoxy groups -OCH3 is 1. The number of halogens is 2. The fraction of sp³-hybridized carbons (Fsp3) is 0.0880. The van der Waals surface area contributed by atoms with Gasteiger partial charge in [-0.15, -0.1) is 0 Å². The van der Waals surface area contributed by atoms with Crippen molar-refractivity contribution in [3.8, 4) is 67.3 Å². The van der Waals surface area contributed by atoms with Crippen molar-refractivity contribution in [3.05, 3.63) is 490 Å². The largest absolute Gasteiger partial charge is 0.497 e. The van der Waals surface area contributed by atoms with Crippen LogP contribution in [-0.2, 0) is 12.8 Å². The van der Waals surface area contributed by atoms with E-state index in [0.29, 0.717) is 17.5 Å². The van der Waals surface area contributed by atoms with E-state index in [1.807, 2.05) is 83.8 Å². The first-order valence-electron chi connectivity index (χ1n) is 46.3. The van der Waals surface area contributed by atoms with Crippen molar-refractivity contribution >= 4 is 117 Å². The van der Waals surface area contributed by atoms with Gasteiger partial charge in [-0.05, 0) is 287 Å². The molecule has 22 rings (SSSR count). The second-order valence-corrected chi connectivity index (χ2v) is 35.2. The molecule has 0 spiro atoms. The average molecular weight is 1740 g/mol. The van der Waals surface area contributed by atoms with E-state index >= 15 is 0 Å². The standard InChI is InChI=1S/C46H46N2.C43H32N2O.C36H24F2N2/c1-33(2)19-21-35-11-9-13-41(31-35)47(42-14-10-12-36(32-42)22-20-34(3)4)39-27-23-37(24-28-39)38-25-29-40(30-26-38)48-45-17-7-5-15-43(45)44-16-6-8-18-46(44)48;1-46-39-29-19-34(20-30-39)33-17-23-36(24-18-33)44(35-21-15-32(16-22-35)31-9-3-2-4-10-31)37-25-27-38(28-26-37)45-42-13-7-5-11-40(42)41-12-6-8-14-43(41)45;37-27-22-28(38)24-32(23-27)39(29-16-14-26(15-17-29)25-8-2-1-3-9-25)30-18-20-31(21-19-30)40-35-12-6-4-10-33(35)34-11-5-7-13-36(34)40/h5-18,23-34H,19-22H2,1-4H3;2-30H,1H3;1-24H. The Balaban J connectivity index is 0.000000125. The van der Waals surface area contributed by atoms with E-state index in [0.717, 1.165) is 97.8 Å². The summed E-state index contributed by atoms with van der Waals surface area (Å²) >= 11 is 0. The molecule has 0 aliphatic rings. The monoisotopic (exact) mass is 1740 g/mol. The van der Waals surface area contributed by atoms with E-state index in [1.54, 1.807) is 7.11 Å². The molecular formula is C125H102F2N6O. The van der Waals surface area contributed by atoms with E-state index in [2.05, 4.69) is 421 Å². The third-order valence-corrected chi connectivity index (χ3v) is 25.5. The van der Waals surface area contributed by atoms with E-state index in [1.165, 1.54) is 135 Å². The van der Waals surface area contributed by atoms with Crippen LogP contribution in [0.2, 0.25) is 0 Å². The molecule has 3 heterocycles. The number of para-hydroxylation sites is 6. The molecule has 652 valence electrons. The third kappa shape index (κ3) is 18.1. The van der Waals surface area contributed by atoms with Gasteiger partial charge in [0.05, 0.1) is 45.9 Å². The van der Waals surface area contributed by atoms with E-state index in [9.17, 15) is 8.78 Å². The lowest BCUT2D eigenvalue weighted by Crippen LogP contribution is -2.11. The van der Waals surface area contributed by atoms with Crippen LogP contribution >= 0.6 is 0 Å². The maximum absolute atomic E-state index is 14.4. The molecule has 0 amide bonds. The van der Waals surface area contributed by atoms with Crippen LogP contribution in [0.4, 0.5) is 60.0 Å². The molecule has 0 saturated carbocycles. The number of aromatic nitrogens is 3. The van der Waals surface area contributed by atoms with Gasteiger partial charge in [0.1, 0.15) is 17.4 Å². The number of aryl methyl sites for hydroxylation is 2. The zero-order valence-corrected chi connectivity index (χ0v) is 75.8. The van der Waals surface area contributed by atoms with Crippen LogP contribution in [0, 0.1) is 23.5 Å². The van der Waals surface area contributed by atoms with Gasteiger partial charge in [0.25, 0.3) is 0 Å². The van der Waals surface area contributed by atoms with Gasteiger partial charge in [-0.2, -0.15) is 0 Å². The number of hydrogen-bond donors (Lipinski definition) is 0. The topological polar surface area (TPSA) is 33.7 Å². The van der Waals surface area contributed by atoms with Crippen molar-refractivity contribution in [2.45, 2.75) is 53.4 Å². The highest BCUT2D eigenvalue weighted by Gasteiger charge is 2.23. The predicted octanol–water partition coefficient (Wildman–Crippen LogP) is 34.9. The minimum absolute atomic E-state index is 0.412. The van der Waals surface area contributed by atoms with Crippen molar-refractivity contribution in [3.63, 3.8) is 0 Å². The molecule has 3 aromatic heterocycles. The summed E-state index contributed by atoms with van der Waals surface area (Å²) in [6.45, 7) is 9.22. The summed E-state index contributed by atoms with van der Waals surface area (Å²) < 4.78 is 41.1. The van der Waals surface area contributed by atoms with Crippen molar-refractivity contribution in [2.24, 2.45) is 11.8 Å². The van der Waals surface area contributed by atoms with Gasteiger partial charge >= 0.3 is 0 Å². The zero-order chi connectivity index (χ0) is 91.0. The van der Waals surface area contributed by atoms with Crippen molar-refractivity contribution in [1.82, 2.24) is 13.7 Å². The maximum Gasteiger partial charge on any atom is 0.128 e. The fourth-order valence-electron chi connectivity index (χ4n) is 18.8. The zero-order valence-electron chi connectivity index (χ0n) is 75.8. The summed E-state index contributed by atoms with van der Waals surface area (Å²) in [4.78, 5) is 6.62. The first-order chi connectivity index (χ1) is 65.9. The number of nitrogens with zero attached hydrogens (tertiary/aromatic N) is 6. The Morgan fingerprint density at radius 2 is 0.448 bits per heavy atom. The van der Waals surface area contributed by atoms with Gasteiger partial charge < -0.3 is 33.1 Å². The molecule has 19 aromatic carbocycles. The fourth-order valence-corrected chi connectivity index (χ4v) is 18.8. The predicted molar refractivity (Wildman–Crippen MR) is 561 cm³/mol. The Labute approximate surface area is 782 Å². The number of rotatable bonds is 23. The number of hydrogen-bond acceptors (Lipinski definition) is 4. The van der Waals surface area contributed by atoms with Gasteiger partial charge in [0.15, 0.2) is 0 Å². The van der Waals surface area contributed by atoms with Crippen LogP contribution in [0.3, 0.4) is 0 Å². The van der Waals surface area contributed by atoms with E-state index in [-0.39, 0.29) is 0 Å². The van der Waals surface area contributed by atoms with Crippen LogP contribution in [0.1, 0.15) is 51.7 Å². The highest BCUT2D eigenvalue weighted by Crippen LogP contribution is 2.45. The van der Waals surface area contributed by atoms with Crippen molar-refractivity contribution in [1.29, 1.82) is 0 Å². The summed E-state index contributed by atoms with van der Waals surface area (Å²) in [5, 5.41) is 7.48. The molecular weight excluding hydrogens is 1640 g/mol. The molecule has 0 saturated heterocycles. The molecule has 134 heavy (non-hydrogen) atoms. The summed E-state index contributed by atoms with van der Waals surface area (Å²) in [7, 11) is 1.69. The summed E-state index contributed by atoms with van der Waals surface area (Å²) in [5.41, 5.74) is 31.4. The Morgan fingerprint density at radius 3 is 0.731 bits per heavy atom. The summed E-state index contributed by atoms with van der Waals surface area (Å²) in [6.07, 6.45) is 4.57. The van der Waals surface area contributed by atoms with Gasteiger partial charge in [-0.3, -0.25) is 0 Å². The third-order valence-electron chi connectivity index (χ3n) is 25.5.